The van der Waals surface area contributed by atoms with Crippen molar-refractivity contribution in [3.05, 3.63) is 24.1 Å². The lowest BCUT2D eigenvalue weighted by atomic mass is 10.3. The second kappa shape index (κ2) is 4.99. The molecule has 4 nitrogen and oxygen atoms in total. The molecule has 0 aliphatic heterocycles. The quantitative estimate of drug-likeness (QED) is 0.757. The largest absolute Gasteiger partial charge is 0.441 e. The summed E-state index contributed by atoms with van der Waals surface area (Å²) in [5.41, 5.74) is 2.84. The summed E-state index contributed by atoms with van der Waals surface area (Å²) in [6, 6.07) is 6.00. The number of aromatic nitrogens is 1. The number of rotatable bonds is 5. The first-order chi connectivity index (χ1) is 7.79. The van der Waals surface area contributed by atoms with Crippen LogP contribution in [0, 0.1) is 6.92 Å². The molecule has 0 spiro atoms. The minimum absolute atomic E-state index is 0.710. The highest BCUT2D eigenvalue weighted by atomic mass is 16.3. The van der Waals surface area contributed by atoms with Crippen molar-refractivity contribution in [2.24, 2.45) is 0 Å². The molecule has 4 heteroatoms. The van der Waals surface area contributed by atoms with Crippen molar-refractivity contribution in [1.29, 1.82) is 0 Å². The molecule has 1 aromatic carbocycles. The number of anilines is 1. The van der Waals surface area contributed by atoms with Gasteiger partial charge in [-0.2, -0.15) is 0 Å². The third-order valence-corrected chi connectivity index (χ3v) is 2.43. The molecule has 16 heavy (non-hydrogen) atoms. The molecule has 0 radical (unpaired) electrons. The van der Waals surface area contributed by atoms with Crippen molar-refractivity contribution < 1.29 is 4.42 Å². The summed E-state index contributed by atoms with van der Waals surface area (Å²) in [6.07, 6.45) is 1.10. The number of hydrogen-bond donors (Lipinski definition) is 2. The van der Waals surface area contributed by atoms with Crippen LogP contribution in [0.5, 0.6) is 0 Å². The van der Waals surface area contributed by atoms with Crippen LogP contribution in [-0.2, 0) is 0 Å². The van der Waals surface area contributed by atoms with E-state index >= 15 is 0 Å². The number of nitrogens with one attached hydrogen (secondary N) is 2. The molecular formula is C12H17N3O. The lowest BCUT2D eigenvalue weighted by Crippen LogP contribution is -2.12. The highest BCUT2D eigenvalue weighted by molar-refractivity contribution is 5.77. The molecule has 2 N–H and O–H groups in total. The summed E-state index contributed by atoms with van der Waals surface area (Å²) in [5, 5.41) is 6.47. The van der Waals surface area contributed by atoms with Gasteiger partial charge in [0.1, 0.15) is 5.52 Å². The Morgan fingerprint density at radius 2 is 2.19 bits per heavy atom. The van der Waals surface area contributed by atoms with Gasteiger partial charge in [0.15, 0.2) is 11.5 Å². The Morgan fingerprint density at radius 3 is 3.00 bits per heavy atom. The van der Waals surface area contributed by atoms with Crippen LogP contribution < -0.4 is 10.6 Å². The van der Waals surface area contributed by atoms with Crippen LogP contribution in [0.2, 0.25) is 0 Å². The summed E-state index contributed by atoms with van der Waals surface area (Å²) in [5.74, 6) is 0.710. The lowest BCUT2D eigenvalue weighted by molar-refractivity contribution is 0.561. The highest BCUT2D eigenvalue weighted by Gasteiger charge is 2.02. The van der Waals surface area contributed by atoms with E-state index in [0.717, 1.165) is 36.3 Å². The van der Waals surface area contributed by atoms with Crippen LogP contribution in [0.4, 0.5) is 5.69 Å². The number of fused-ring (bicyclic) bond motifs is 1. The molecule has 0 saturated heterocycles. The SMILES string of the molecule is CNCCCNc1ccc2nc(C)oc2c1. The first-order valence-corrected chi connectivity index (χ1v) is 5.55. The maximum Gasteiger partial charge on any atom is 0.192 e. The molecule has 0 aliphatic carbocycles. The molecule has 0 fully saturated rings. The van der Waals surface area contributed by atoms with Gasteiger partial charge in [-0.1, -0.05) is 0 Å². The van der Waals surface area contributed by atoms with Gasteiger partial charge in [0, 0.05) is 25.2 Å². The predicted octanol–water partition coefficient (Wildman–Crippen LogP) is 2.16. The fourth-order valence-electron chi connectivity index (χ4n) is 1.65. The van der Waals surface area contributed by atoms with Crippen LogP contribution in [0.3, 0.4) is 0 Å². The van der Waals surface area contributed by atoms with E-state index in [9.17, 15) is 0 Å². The van der Waals surface area contributed by atoms with Crippen molar-refractivity contribution in [2.75, 3.05) is 25.5 Å². The molecule has 2 rings (SSSR count). The zero-order valence-corrected chi connectivity index (χ0v) is 9.71. The third kappa shape index (κ3) is 2.52. The van der Waals surface area contributed by atoms with Gasteiger partial charge in [0.05, 0.1) is 0 Å². The Kier molecular flexibility index (Phi) is 3.41. The fraction of sp³-hybridized carbons (Fsp3) is 0.417. The van der Waals surface area contributed by atoms with E-state index in [1.807, 2.05) is 32.2 Å². The Morgan fingerprint density at radius 1 is 1.31 bits per heavy atom. The summed E-state index contributed by atoms with van der Waals surface area (Å²) < 4.78 is 5.47. The summed E-state index contributed by atoms with van der Waals surface area (Å²) in [4.78, 5) is 4.26. The predicted molar refractivity (Wildman–Crippen MR) is 65.8 cm³/mol. The molecule has 0 bridgehead atoms. The van der Waals surface area contributed by atoms with Gasteiger partial charge >= 0.3 is 0 Å². The minimum Gasteiger partial charge on any atom is -0.441 e. The Hall–Kier alpha value is -1.55. The summed E-state index contributed by atoms with van der Waals surface area (Å²) in [7, 11) is 1.96. The van der Waals surface area contributed by atoms with Gasteiger partial charge in [0.25, 0.3) is 0 Å². The molecule has 0 unspecified atom stereocenters. The maximum absolute atomic E-state index is 5.47. The van der Waals surface area contributed by atoms with Gasteiger partial charge in [-0.15, -0.1) is 0 Å². The van der Waals surface area contributed by atoms with Gasteiger partial charge < -0.3 is 15.1 Å². The molecule has 2 aromatic rings. The molecule has 0 atom stereocenters. The highest BCUT2D eigenvalue weighted by Crippen LogP contribution is 2.19. The van der Waals surface area contributed by atoms with Crippen LogP contribution >= 0.6 is 0 Å². The van der Waals surface area contributed by atoms with Crippen LogP contribution in [-0.4, -0.2) is 25.1 Å². The Balaban J connectivity index is 2.02. The first kappa shape index (κ1) is 11.0. The van der Waals surface area contributed by atoms with Crippen molar-refractivity contribution in [1.82, 2.24) is 10.3 Å². The van der Waals surface area contributed by atoms with E-state index in [0.29, 0.717) is 5.89 Å². The van der Waals surface area contributed by atoms with E-state index in [-0.39, 0.29) is 0 Å². The van der Waals surface area contributed by atoms with E-state index in [4.69, 9.17) is 4.42 Å². The van der Waals surface area contributed by atoms with Crippen molar-refractivity contribution >= 4 is 16.8 Å². The fourth-order valence-corrected chi connectivity index (χ4v) is 1.65. The number of oxazole rings is 1. The molecule has 0 amide bonds. The normalized spacial score (nSPS) is 10.9. The minimum atomic E-state index is 0.710. The van der Waals surface area contributed by atoms with E-state index < -0.39 is 0 Å². The number of hydrogen-bond acceptors (Lipinski definition) is 4. The average molecular weight is 219 g/mol. The van der Waals surface area contributed by atoms with E-state index in [1.54, 1.807) is 0 Å². The van der Waals surface area contributed by atoms with Crippen LogP contribution in [0.1, 0.15) is 12.3 Å². The van der Waals surface area contributed by atoms with Gasteiger partial charge in [-0.05, 0) is 32.1 Å². The maximum atomic E-state index is 5.47. The van der Waals surface area contributed by atoms with Gasteiger partial charge in [-0.25, -0.2) is 4.98 Å². The number of aryl methyl sites for hydroxylation is 1. The Bertz CT molecular complexity index is 464. The average Bonchev–Trinajstić information content (AvgIpc) is 2.64. The van der Waals surface area contributed by atoms with Crippen LogP contribution in [0.15, 0.2) is 22.6 Å². The van der Waals surface area contributed by atoms with E-state index in [2.05, 4.69) is 15.6 Å². The third-order valence-electron chi connectivity index (χ3n) is 2.43. The van der Waals surface area contributed by atoms with E-state index in [1.165, 1.54) is 0 Å². The molecule has 86 valence electrons. The first-order valence-electron chi connectivity index (χ1n) is 5.55. The molecule has 1 heterocycles. The Labute approximate surface area is 95.1 Å². The van der Waals surface area contributed by atoms with Crippen molar-refractivity contribution in [3.8, 4) is 0 Å². The second-order valence-electron chi connectivity index (χ2n) is 3.80. The van der Waals surface area contributed by atoms with Gasteiger partial charge in [-0.3, -0.25) is 0 Å². The summed E-state index contributed by atoms with van der Waals surface area (Å²) >= 11 is 0. The van der Waals surface area contributed by atoms with Crippen molar-refractivity contribution in [3.63, 3.8) is 0 Å². The van der Waals surface area contributed by atoms with Gasteiger partial charge in [0.2, 0.25) is 0 Å². The molecule has 1 aromatic heterocycles. The second-order valence-corrected chi connectivity index (χ2v) is 3.80. The number of benzene rings is 1. The topological polar surface area (TPSA) is 50.1 Å². The lowest BCUT2D eigenvalue weighted by Gasteiger charge is -2.05. The smallest absolute Gasteiger partial charge is 0.192 e. The van der Waals surface area contributed by atoms with Crippen molar-refractivity contribution in [2.45, 2.75) is 13.3 Å². The monoisotopic (exact) mass is 219 g/mol. The summed E-state index contributed by atoms with van der Waals surface area (Å²) in [6.45, 7) is 3.84. The standard InChI is InChI=1S/C12H17N3O/c1-9-15-11-5-4-10(8-12(11)16-9)14-7-3-6-13-2/h4-5,8,13-14H,3,6-7H2,1-2H3. The zero-order valence-electron chi connectivity index (χ0n) is 9.71. The molecular weight excluding hydrogens is 202 g/mol. The number of nitrogens with zero attached hydrogens (tertiary/aromatic N) is 1. The zero-order chi connectivity index (χ0) is 11.4. The van der Waals surface area contributed by atoms with Crippen LogP contribution in [0.25, 0.3) is 11.1 Å². The molecule has 0 aliphatic rings. The molecule has 0 saturated carbocycles.